The lowest BCUT2D eigenvalue weighted by molar-refractivity contribution is 0.126. The number of likely N-dealkylation sites (tertiary alicyclic amines) is 1. The first-order chi connectivity index (χ1) is 9.68. The minimum Gasteiger partial charge on any atom is -0.325 e. The van der Waals surface area contributed by atoms with Crippen molar-refractivity contribution in [1.82, 2.24) is 15.1 Å². The lowest BCUT2D eigenvalue weighted by Gasteiger charge is -2.36. The van der Waals surface area contributed by atoms with E-state index in [0.717, 1.165) is 32.7 Å². The zero-order chi connectivity index (χ0) is 14.4. The van der Waals surface area contributed by atoms with E-state index in [1.165, 1.54) is 38.5 Å². The molecule has 20 heavy (non-hydrogen) atoms. The van der Waals surface area contributed by atoms with Gasteiger partial charge in [0.15, 0.2) is 0 Å². The molecule has 2 heterocycles. The molecule has 2 saturated heterocycles. The van der Waals surface area contributed by atoms with Crippen LogP contribution < -0.4 is 5.32 Å². The highest BCUT2D eigenvalue weighted by Crippen LogP contribution is 2.18. The van der Waals surface area contributed by atoms with E-state index < -0.39 is 0 Å². The van der Waals surface area contributed by atoms with Crippen LogP contribution in [0.1, 0.15) is 52.4 Å². The molecule has 0 aromatic rings. The number of nitrogens with zero attached hydrogens (tertiary/aromatic N) is 2. The van der Waals surface area contributed by atoms with E-state index in [2.05, 4.69) is 29.0 Å². The third-order valence-corrected chi connectivity index (χ3v) is 4.66. The van der Waals surface area contributed by atoms with Gasteiger partial charge in [-0.3, -0.25) is 0 Å². The maximum absolute atomic E-state index is 12.8. The van der Waals surface area contributed by atoms with Crippen LogP contribution in [-0.2, 0) is 0 Å². The number of hydrogen-bond donors (Lipinski definition) is 1. The number of nitrogens with one attached hydrogen (secondary N) is 1. The van der Waals surface area contributed by atoms with Crippen molar-refractivity contribution in [3.05, 3.63) is 0 Å². The molecular formula is C16H31N3O. The Hall–Kier alpha value is -0.770. The van der Waals surface area contributed by atoms with Crippen LogP contribution in [0, 0.1) is 5.92 Å². The zero-order valence-corrected chi connectivity index (χ0v) is 13.2. The first kappa shape index (κ1) is 15.6. The molecule has 1 N–H and O–H groups in total. The summed E-state index contributed by atoms with van der Waals surface area (Å²) in [5, 5.41) is 3.40. The summed E-state index contributed by atoms with van der Waals surface area (Å²) in [4.78, 5) is 17.0. The molecule has 116 valence electrons. The van der Waals surface area contributed by atoms with Gasteiger partial charge in [0.2, 0.25) is 0 Å². The fourth-order valence-electron chi connectivity index (χ4n) is 3.30. The molecule has 0 atom stereocenters. The number of carbonyl (C=O) groups excluding carboxylic acids is 1. The van der Waals surface area contributed by atoms with Crippen LogP contribution in [0.15, 0.2) is 0 Å². The van der Waals surface area contributed by atoms with E-state index in [4.69, 9.17) is 0 Å². The van der Waals surface area contributed by atoms with Gasteiger partial charge in [0.1, 0.15) is 0 Å². The second-order valence-electron chi connectivity index (χ2n) is 6.62. The lowest BCUT2D eigenvalue weighted by atomic mass is 9.97. The normalized spacial score (nSPS) is 21.9. The zero-order valence-electron chi connectivity index (χ0n) is 13.2. The number of rotatable bonds is 3. The molecule has 2 aliphatic rings. The van der Waals surface area contributed by atoms with E-state index in [-0.39, 0.29) is 6.03 Å². The highest BCUT2D eigenvalue weighted by Gasteiger charge is 2.26. The Balaban J connectivity index is 1.93. The molecule has 0 bridgehead atoms. The monoisotopic (exact) mass is 281 g/mol. The van der Waals surface area contributed by atoms with Gasteiger partial charge in [0.25, 0.3) is 0 Å². The maximum Gasteiger partial charge on any atom is 0.320 e. The summed E-state index contributed by atoms with van der Waals surface area (Å²) >= 11 is 0. The summed E-state index contributed by atoms with van der Waals surface area (Å²) in [5.41, 5.74) is 0. The lowest BCUT2D eigenvalue weighted by Crippen LogP contribution is -2.49. The molecule has 2 aliphatic heterocycles. The fraction of sp³-hybridized carbons (Fsp3) is 0.938. The Labute approximate surface area is 123 Å². The van der Waals surface area contributed by atoms with Crippen LogP contribution in [0.25, 0.3) is 0 Å². The maximum atomic E-state index is 12.8. The number of amides is 2. The molecule has 0 aromatic heterocycles. The molecule has 0 unspecified atom stereocenters. The van der Waals surface area contributed by atoms with E-state index >= 15 is 0 Å². The van der Waals surface area contributed by atoms with Crippen molar-refractivity contribution in [2.75, 3.05) is 32.7 Å². The van der Waals surface area contributed by atoms with Gasteiger partial charge in [-0.1, -0.05) is 12.8 Å². The fourth-order valence-corrected chi connectivity index (χ4v) is 3.30. The van der Waals surface area contributed by atoms with Crippen LogP contribution in [0.5, 0.6) is 0 Å². The number of carbonyl (C=O) groups is 1. The van der Waals surface area contributed by atoms with Gasteiger partial charge in [-0.25, -0.2) is 4.79 Å². The third kappa shape index (κ3) is 4.37. The van der Waals surface area contributed by atoms with Gasteiger partial charge in [-0.05, 0) is 58.5 Å². The Morgan fingerprint density at radius 3 is 2.30 bits per heavy atom. The summed E-state index contributed by atoms with van der Waals surface area (Å²) in [6, 6.07) is 0.584. The first-order valence-corrected chi connectivity index (χ1v) is 8.44. The van der Waals surface area contributed by atoms with Crippen molar-refractivity contribution in [2.45, 2.75) is 58.4 Å². The Morgan fingerprint density at radius 2 is 1.75 bits per heavy atom. The molecule has 0 spiro atoms. The van der Waals surface area contributed by atoms with E-state index in [1.54, 1.807) is 0 Å². The highest BCUT2D eigenvalue weighted by atomic mass is 16.2. The van der Waals surface area contributed by atoms with Gasteiger partial charge >= 0.3 is 6.03 Å². The molecule has 2 amide bonds. The Bertz CT molecular complexity index is 292. The standard InChI is InChI=1S/C16H31N3O/c1-14(2)19(13-15-7-9-17-10-8-15)16(20)18-11-5-3-4-6-12-18/h14-15,17H,3-13H2,1-2H3. The van der Waals surface area contributed by atoms with E-state index in [0.29, 0.717) is 12.0 Å². The molecule has 4 heteroatoms. The molecule has 2 fully saturated rings. The second kappa shape index (κ2) is 7.87. The topological polar surface area (TPSA) is 35.6 Å². The third-order valence-electron chi connectivity index (χ3n) is 4.66. The van der Waals surface area contributed by atoms with Gasteiger partial charge in [0.05, 0.1) is 0 Å². The molecule has 0 radical (unpaired) electrons. The number of urea groups is 1. The second-order valence-corrected chi connectivity index (χ2v) is 6.62. The molecule has 0 aliphatic carbocycles. The summed E-state index contributed by atoms with van der Waals surface area (Å²) in [6.07, 6.45) is 7.31. The van der Waals surface area contributed by atoms with Crippen molar-refractivity contribution >= 4 is 6.03 Å². The highest BCUT2D eigenvalue weighted by molar-refractivity contribution is 5.74. The quantitative estimate of drug-likeness (QED) is 0.863. The van der Waals surface area contributed by atoms with Crippen molar-refractivity contribution in [2.24, 2.45) is 5.92 Å². The summed E-state index contributed by atoms with van der Waals surface area (Å²) < 4.78 is 0. The van der Waals surface area contributed by atoms with Gasteiger partial charge < -0.3 is 15.1 Å². The van der Waals surface area contributed by atoms with E-state index in [9.17, 15) is 4.79 Å². The Kier molecular flexibility index (Phi) is 6.14. The van der Waals surface area contributed by atoms with E-state index in [1.807, 2.05) is 0 Å². The van der Waals surface area contributed by atoms with Crippen LogP contribution >= 0.6 is 0 Å². The largest absolute Gasteiger partial charge is 0.325 e. The Morgan fingerprint density at radius 1 is 1.15 bits per heavy atom. The van der Waals surface area contributed by atoms with Gasteiger partial charge in [0, 0.05) is 25.7 Å². The minimum absolute atomic E-state index is 0.278. The first-order valence-electron chi connectivity index (χ1n) is 8.44. The molecular weight excluding hydrogens is 250 g/mol. The van der Waals surface area contributed by atoms with Crippen molar-refractivity contribution in [3.8, 4) is 0 Å². The predicted octanol–water partition coefficient (Wildman–Crippen LogP) is 2.69. The summed E-state index contributed by atoms with van der Waals surface area (Å²) in [5.74, 6) is 0.676. The van der Waals surface area contributed by atoms with Crippen LogP contribution in [0.2, 0.25) is 0 Å². The van der Waals surface area contributed by atoms with Crippen LogP contribution in [-0.4, -0.2) is 54.6 Å². The van der Waals surface area contributed by atoms with Crippen molar-refractivity contribution in [3.63, 3.8) is 0 Å². The average Bonchev–Trinajstić information content (AvgIpc) is 2.74. The molecule has 4 nitrogen and oxygen atoms in total. The average molecular weight is 281 g/mol. The molecule has 0 aromatic carbocycles. The van der Waals surface area contributed by atoms with Crippen molar-refractivity contribution < 1.29 is 4.79 Å². The van der Waals surface area contributed by atoms with Gasteiger partial charge in [-0.15, -0.1) is 0 Å². The summed E-state index contributed by atoms with van der Waals surface area (Å²) in [6.45, 7) is 9.36. The number of piperidine rings is 1. The molecule has 0 saturated carbocycles. The van der Waals surface area contributed by atoms with Gasteiger partial charge in [-0.2, -0.15) is 0 Å². The predicted molar refractivity (Wildman–Crippen MR) is 82.9 cm³/mol. The molecule has 2 rings (SSSR count). The minimum atomic E-state index is 0.278. The van der Waals surface area contributed by atoms with Crippen molar-refractivity contribution in [1.29, 1.82) is 0 Å². The smallest absolute Gasteiger partial charge is 0.320 e. The van der Waals surface area contributed by atoms with Crippen LogP contribution in [0.3, 0.4) is 0 Å². The SMILES string of the molecule is CC(C)N(CC1CCNCC1)C(=O)N1CCCCCC1. The summed E-state index contributed by atoms with van der Waals surface area (Å²) in [7, 11) is 0. The number of hydrogen-bond acceptors (Lipinski definition) is 2. The van der Waals surface area contributed by atoms with Crippen LogP contribution in [0.4, 0.5) is 4.79 Å².